The molecule has 3 rings (SSSR count). The van der Waals surface area contributed by atoms with E-state index in [0.29, 0.717) is 37.5 Å². The summed E-state index contributed by atoms with van der Waals surface area (Å²) in [5.41, 5.74) is -0.0746. The van der Waals surface area contributed by atoms with Gasteiger partial charge >= 0.3 is 6.18 Å². The Labute approximate surface area is 172 Å². The zero-order valence-corrected chi connectivity index (χ0v) is 16.8. The lowest BCUT2D eigenvalue weighted by atomic mass is 10.0. The van der Waals surface area contributed by atoms with Crippen molar-refractivity contribution in [1.29, 1.82) is 0 Å². The van der Waals surface area contributed by atoms with E-state index in [0.717, 1.165) is 17.7 Å². The first-order valence-corrected chi connectivity index (χ1v) is 9.85. The number of hydrogen-bond donors (Lipinski definition) is 1. The lowest BCUT2D eigenvalue weighted by Crippen LogP contribution is -2.27. The highest BCUT2D eigenvalue weighted by molar-refractivity contribution is 5.83. The van der Waals surface area contributed by atoms with Crippen LogP contribution in [0.15, 0.2) is 42.5 Å². The number of nitrogens with zero attached hydrogens (tertiary/aromatic N) is 1. The van der Waals surface area contributed by atoms with Gasteiger partial charge in [-0.1, -0.05) is 12.1 Å². The van der Waals surface area contributed by atoms with Crippen LogP contribution in [0, 0.1) is 5.82 Å². The van der Waals surface area contributed by atoms with E-state index in [2.05, 4.69) is 5.32 Å². The molecule has 2 atom stereocenters. The van der Waals surface area contributed by atoms with Crippen LogP contribution in [0.2, 0.25) is 0 Å². The molecule has 0 saturated carbocycles. The SMILES string of the molecule is CCNC(=O)C(C)c1ccc(O[C@@H]2CCN(c3ccc(F)c(C(F)(F)F)c3)C2)cc1. The summed E-state index contributed by atoms with van der Waals surface area (Å²) in [5, 5.41) is 2.78. The fourth-order valence-corrected chi connectivity index (χ4v) is 3.49. The number of alkyl halides is 3. The summed E-state index contributed by atoms with van der Waals surface area (Å²) < 4.78 is 58.3. The van der Waals surface area contributed by atoms with E-state index in [1.165, 1.54) is 6.07 Å². The first-order chi connectivity index (χ1) is 14.2. The molecule has 30 heavy (non-hydrogen) atoms. The van der Waals surface area contributed by atoms with Crippen LogP contribution < -0.4 is 15.0 Å². The van der Waals surface area contributed by atoms with Gasteiger partial charge in [-0.05, 0) is 49.7 Å². The molecule has 1 aliphatic rings. The van der Waals surface area contributed by atoms with Crippen molar-refractivity contribution < 1.29 is 27.1 Å². The Morgan fingerprint density at radius 2 is 1.93 bits per heavy atom. The molecule has 4 nitrogen and oxygen atoms in total. The van der Waals surface area contributed by atoms with E-state index in [1.54, 1.807) is 17.0 Å². The number of amides is 1. The molecular weight excluding hydrogens is 400 g/mol. The van der Waals surface area contributed by atoms with Crippen LogP contribution in [0.5, 0.6) is 5.75 Å². The first kappa shape index (κ1) is 21.9. The Kier molecular flexibility index (Phi) is 6.53. The highest BCUT2D eigenvalue weighted by atomic mass is 19.4. The van der Waals surface area contributed by atoms with Crippen LogP contribution in [0.1, 0.15) is 37.3 Å². The Bertz CT molecular complexity index is 884. The molecule has 0 radical (unpaired) electrons. The number of benzene rings is 2. The second-order valence-corrected chi connectivity index (χ2v) is 7.32. The third kappa shape index (κ3) is 5.04. The summed E-state index contributed by atoms with van der Waals surface area (Å²) in [6.07, 6.45) is -4.30. The van der Waals surface area contributed by atoms with Crippen LogP contribution >= 0.6 is 0 Å². The monoisotopic (exact) mass is 424 g/mol. The summed E-state index contributed by atoms with van der Waals surface area (Å²) in [5.74, 6) is -0.971. The molecule has 1 heterocycles. The third-order valence-corrected chi connectivity index (χ3v) is 5.19. The zero-order valence-electron chi connectivity index (χ0n) is 16.8. The Morgan fingerprint density at radius 1 is 1.23 bits per heavy atom. The average Bonchev–Trinajstić information content (AvgIpc) is 3.16. The highest BCUT2D eigenvalue weighted by Gasteiger charge is 2.35. The van der Waals surface area contributed by atoms with Crippen molar-refractivity contribution in [3.05, 3.63) is 59.4 Å². The van der Waals surface area contributed by atoms with Crippen molar-refractivity contribution in [2.75, 3.05) is 24.5 Å². The molecule has 162 valence electrons. The smallest absolute Gasteiger partial charge is 0.419 e. The van der Waals surface area contributed by atoms with E-state index in [1.807, 2.05) is 26.0 Å². The summed E-state index contributed by atoms with van der Waals surface area (Å²) in [4.78, 5) is 13.7. The van der Waals surface area contributed by atoms with Crippen molar-refractivity contribution in [3.8, 4) is 5.75 Å². The molecule has 1 aliphatic heterocycles. The van der Waals surface area contributed by atoms with Gasteiger partial charge in [-0.3, -0.25) is 4.79 Å². The van der Waals surface area contributed by atoms with Gasteiger partial charge in [0, 0.05) is 25.2 Å². The number of carbonyl (C=O) groups is 1. The van der Waals surface area contributed by atoms with E-state index in [-0.39, 0.29) is 17.9 Å². The lowest BCUT2D eigenvalue weighted by Gasteiger charge is -2.21. The minimum atomic E-state index is -4.73. The summed E-state index contributed by atoms with van der Waals surface area (Å²) in [7, 11) is 0. The molecule has 0 bridgehead atoms. The lowest BCUT2D eigenvalue weighted by molar-refractivity contribution is -0.140. The Balaban J connectivity index is 1.62. The largest absolute Gasteiger partial charge is 0.489 e. The second kappa shape index (κ2) is 8.93. The zero-order chi connectivity index (χ0) is 21.9. The van der Waals surface area contributed by atoms with E-state index < -0.39 is 17.6 Å². The minimum absolute atomic E-state index is 0.0462. The van der Waals surface area contributed by atoms with Crippen molar-refractivity contribution in [2.24, 2.45) is 0 Å². The molecule has 1 N–H and O–H groups in total. The quantitative estimate of drug-likeness (QED) is 0.681. The summed E-state index contributed by atoms with van der Waals surface area (Å²) >= 11 is 0. The van der Waals surface area contributed by atoms with Gasteiger partial charge in [0.25, 0.3) is 0 Å². The standard InChI is InChI=1S/C22H24F4N2O2/c1-3-27-21(29)14(2)15-4-7-17(8-5-15)30-18-10-11-28(13-18)16-6-9-20(23)19(12-16)22(24,25)26/h4-9,12,14,18H,3,10-11,13H2,1-2H3,(H,27,29)/t14?,18-/m1/s1. The van der Waals surface area contributed by atoms with Crippen LogP contribution in [0.4, 0.5) is 23.2 Å². The van der Waals surface area contributed by atoms with Crippen LogP contribution in [0.25, 0.3) is 0 Å². The number of likely N-dealkylation sites (N-methyl/N-ethyl adjacent to an activating group) is 1. The molecule has 1 amide bonds. The molecular formula is C22H24F4N2O2. The molecule has 0 aromatic heterocycles. The van der Waals surface area contributed by atoms with E-state index in [4.69, 9.17) is 4.74 Å². The van der Waals surface area contributed by atoms with Crippen LogP contribution in [-0.2, 0) is 11.0 Å². The maximum atomic E-state index is 13.5. The molecule has 0 spiro atoms. The molecule has 0 aliphatic carbocycles. The molecule has 2 aromatic carbocycles. The molecule has 8 heteroatoms. The van der Waals surface area contributed by atoms with E-state index in [9.17, 15) is 22.4 Å². The predicted molar refractivity (Wildman–Crippen MR) is 106 cm³/mol. The first-order valence-electron chi connectivity index (χ1n) is 9.85. The number of halogens is 4. The predicted octanol–water partition coefficient (Wildman–Crippen LogP) is 4.74. The fourth-order valence-electron chi connectivity index (χ4n) is 3.49. The molecule has 1 unspecified atom stereocenters. The van der Waals surface area contributed by atoms with Crippen molar-refractivity contribution >= 4 is 11.6 Å². The van der Waals surface area contributed by atoms with Gasteiger partial charge in [-0.15, -0.1) is 0 Å². The Hall–Kier alpha value is -2.77. The maximum absolute atomic E-state index is 13.5. The number of carbonyl (C=O) groups excluding carboxylic acids is 1. The van der Waals surface area contributed by atoms with Gasteiger partial charge in [-0.2, -0.15) is 13.2 Å². The van der Waals surface area contributed by atoms with Gasteiger partial charge in [0.2, 0.25) is 5.91 Å². The molecule has 1 saturated heterocycles. The van der Waals surface area contributed by atoms with Crippen molar-refractivity contribution in [1.82, 2.24) is 5.32 Å². The maximum Gasteiger partial charge on any atom is 0.419 e. The van der Waals surface area contributed by atoms with Gasteiger partial charge in [-0.25, -0.2) is 4.39 Å². The summed E-state index contributed by atoms with van der Waals surface area (Å²) in [6.45, 7) is 5.18. The third-order valence-electron chi connectivity index (χ3n) is 5.19. The Morgan fingerprint density at radius 3 is 2.57 bits per heavy atom. The molecule has 1 fully saturated rings. The van der Waals surface area contributed by atoms with Gasteiger partial charge < -0.3 is 15.0 Å². The number of rotatable bonds is 6. The number of anilines is 1. The average molecular weight is 424 g/mol. The van der Waals surface area contributed by atoms with Gasteiger partial charge in [0.1, 0.15) is 17.7 Å². The van der Waals surface area contributed by atoms with E-state index >= 15 is 0 Å². The van der Waals surface area contributed by atoms with Crippen LogP contribution in [-0.4, -0.2) is 31.6 Å². The van der Waals surface area contributed by atoms with Crippen LogP contribution in [0.3, 0.4) is 0 Å². The van der Waals surface area contributed by atoms with Gasteiger partial charge in [0.05, 0.1) is 18.0 Å². The minimum Gasteiger partial charge on any atom is -0.489 e. The fraction of sp³-hybridized carbons (Fsp3) is 0.409. The normalized spacial score (nSPS) is 17.7. The van der Waals surface area contributed by atoms with Crippen molar-refractivity contribution in [3.63, 3.8) is 0 Å². The van der Waals surface area contributed by atoms with Gasteiger partial charge in [0.15, 0.2) is 0 Å². The number of ether oxygens (including phenoxy) is 1. The van der Waals surface area contributed by atoms with Crippen molar-refractivity contribution in [2.45, 2.75) is 38.5 Å². The summed E-state index contributed by atoms with van der Waals surface area (Å²) in [6, 6.07) is 10.3. The second-order valence-electron chi connectivity index (χ2n) is 7.32. The number of hydrogen-bond acceptors (Lipinski definition) is 3. The highest BCUT2D eigenvalue weighted by Crippen LogP contribution is 2.35. The number of nitrogens with one attached hydrogen (secondary N) is 1. The molecule has 2 aromatic rings. The topological polar surface area (TPSA) is 41.6 Å².